The van der Waals surface area contributed by atoms with Gasteiger partial charge in [0.2, 0.25) is 0 Å². The fourth-order valence-corrected chi connectivity index (χ4v) is 1.45. The molecule has 0 spiro atoms. The van der Waals surface area contributed by atoms with Crippen molar-refractivity contribution in [2.75, 3.05) is 13.1 Å². The van der Waals surface area contributed by atoms with Gasteiger partial charge in [-0.3, -0.25) is 0 Å². The van der Waals surface area contributed by atoms with E-state index in [1.165, 1.54) is 0 Å². The zero-order chi connectivity index (χ0) is 9.26. The quantitative estimate of drug-likeness (QED) is 0.828. The van der Waals surface area contributed by atoms with Gasteiger partial charge in [-0.2, -0.15) is 0 Å². The van der Waals surface area contributed by atoms with Crippen molar-refractivity contribution in [3.05, 3.63) is 22.7 Å². The Bertz CT molecular complexity index is 312. The summed E-state index contributed by atoms with van der Waals surface area (Å²) in [4.78, 5) is 0. The van der Waals surface area contributed by atoms with E-state index in [9.17, 15) is 5.11 Å². The minimum Gasteiger partial charge on any atom is -0.504 e. The van der Waals surface area contributed by atoms with E-state index in [4.69, 9.17) is 4.74 Å². The molecule has 1 aromatic rings. The molecule has 2 rings (SSSR count). The lowest BCUT2D eigenvalue weighted by atomic mass is 10.2. The van der Waals surface area contributed by atoms with Crippen LogP contribution in [0.2, 0.25) is 0 Å². The van der Waals surface area contributed by atoms with Gasteiger partial charge in [-0.15, -0.1) is 0 Å². The van der Waals surface area contributed by atoms with E-state index in [0.717, 1.165) is 17.6 Å². The molecule has 3 nitrogen and oxygen atoms in total. The number of aromatic hydroxyl groups is 1. The maximum atomic E-state index is 9.44. The fraction of sp³-hybridized carbons (Fsp3) is 0.333. The molecule has 1 aliphatic heterocycles. The smallest absolute Gasteiger partial charge is 0.162 e. The summed E-state index contributed by atoms with van der Waals surface area (Å²) in [6.07, 6.45) is 0.195. The standard InChI is InChI=1S/C9H10BrNO2/c10-6-1-2-8(12)9(3-6)13-7-4-11-5-7/h1-3,7,11-12H,4-5H2. The third-order valence-electron chi connectivity index (χ3n) is 1.96. The van der Waals surface area contributed by atoms with Crippen LogP contribution in [0.4, 0.5) is 0 Å². The summed E-state index contributed by atoms with van der Waals surface area (Å²) in [6.45, 7) is 1.71. The number of ether oxygens (including phenoxy) is 1. The van der Waals surface area contributed by atoms with Crippen molar-refractivity contribution < 1.29 is 9.84 Å². The molecule has 0 atom stereocenters. The Kier molecular flexibility index (Phi) is 2.42. The summed E-state index contributed by atoms with van der Waals surface area (Å²) in [5.41, 5.74) is 0. The highest BCUT2D eigenvalue weighted by atomic mass is 79.9. The molecule has 0 amide bonds. The predicted molar refractivity (Wildman–Crippen MR) is 53.1 cm³/mol. The molecule has 0 aliphatic carbocycles. The molecule has 4 heteroatoms. The lowest BCUT2D eigenvalue weighted by Crippen LogP contribution is -2.50. The maximum Gasteiger partial charge on any atom is 0.162 e. The van der Waals surface area contributed by atoms with Crippen LogP contribution in [0.1, 0.15) is 0 Å². The number of phenols is 1. The van der Waals surface area contributed by atoms with Crippen LogP contribution < -0.4 is 10.1 Å². The SMILES string of the molecule is Oc1ccc(Br)cc1OC1CNC1. The average molecular weight is 244 g/mol. The summed E-state index contributed by atoms with van der Waals surface area (Å²) < 4.78 is 6.43. The van der Waals surface area contributed by atoms with E-state index in [1.807, 2.05) is 0 Å². The molecule has 0 bridgehead atoms. The highest BCUT2D eigenvalue weighted by Gasteiger charge is 2.19. The van der Waals surface area contributed by atoms with Crippen LogP contribution in [-0.4, -0.2) is 24.3 Å². The Morgan fingerprint density at radius 3 is 2.85 bits per heavy atom. The zero-order valence-electron chi connectivity index (χ0n) is 6.96. The van der Waals surface area contributed by atoms with Crippen molar-refractivity contribution in [3.8, 4) is 11.5 Å². The highest BCUT2D eigenvalue weighted by Crippen LogP contribution is 2.30. The van der Waals surface area contributed by atoms with Crippen molar-refractivity contribution in [1.82, 2.24) is 5.32 Å². The Balaban J connectivity index is 2.13. The number of halogens is 1. The average Bonchev–Trinajstić information content (AvgIpc) is 2.03. The van der Waals surface area contributed by atoms with Crippen LogP contribution in [0, 0.1) is 0 Å². The van der Waals surface area contributed by atoms with Crippen molar-refractivity contribution in [2.24, 2.45) is 0 Å². The maximum absolute atomic E-state index is 9.44. The van der Waals surface area contributed by atoms with Crippen molar-refractivity contribution in [3.63, 3.8) is 0 Å². The number of nitrogens with one attached hydrogen (secondary N) is 1. The van der Waals surface area contributed by atoms with Gasteiger partial charge in [-0.1, -0.05) is 15.9 Å². The van der Waals surface area contributed by atoms with E-state index >= 15 is 0 Å². The predicted octanol–water partition coefficient (Wildman–Crippen LogP) is 1.51. The van der Waals surface area contributed by atoms with E-state index < -0.39 is 0 Å². The van der Waals surface area contributed by atoms with E-state index in [2.05, 4.69) is 21.2 Å². The van der Waals surface area contributed by atoms with Crippen molar-refractivity contribution in [1.29, 1.82) is 0 Å². The second-order valence-corrected chi connectivity index (χ2v) is 3.93. The molecule has 0 unspecified atom stereocenters. The normalized spacial score (nSPS) is 16.7. The van der Waals surface area contributed by atoms with E-state index in [-0.39, 0.29) is 11.9 Å². The summed E-state index contributed by atoms with van der Waals surface area (Å²) >= 11 is 3.32. The van der Waals surface area contributed by atoms with E-state index in [0.29, 0.717) is 5.75 Å². The summed E-state index contributed by atoms with van der Waals surface area (Å²) in [5.74, 6) is 0.732. The molecule has 0 radical (unpaired) electrons. The fourth-order valence-electron chi connectivity index (χ4n) is 1.11. The second kappa shape index (κ2) is 3.55. The lowest BCUT2D eigenvalue weighted by Gasteiger charge is -2.28. The minimum atomic E-state index is 0.190. The zero-order valence-corrected chi connectivity index (χ0v) is 8.54. The highest BCUT2D eigenvalue weighted by molar-refractivity contribution is 9.10. The largest absolute Gasteiger partial charge is 0.504 e. The monoisotopic (exact) mass is 243 g/mol. The van der Waals surface area contributed by atoms with Gasteiger partial charge in [0.1, 0.15) is 6.10 Å². The summed E-state index contributed by atoms with van der Waals surface area (Å²) in [7, 11) is 0. The Morgan fingerprint density at radius 2 is 2.23 bits per heavy atom. The first kappa shape index (κ1) is 8.84. The van der Waals surface area contributed by atoms with Crippen LogP contribution in [0.15, 0.2) is 22.7 Å². The topological polar surface area (TPSA) is 41.5 Å². The Morgan fingerprint density at radius 1 is 1.46 bits per heavy atom. The molecular formula is C9H10BrNO2. The number of phenolic OH excluding ortho intramolecular Hbond substituents is 1. The van der Waals surface area contributed by atoms with Gasteiger partial charge in [0, 0.05) is 17.6 Å². The van der Waals surface area contributed by atoms with Crippen LogP contribution in [0.3, 0.4) is 0 Å². The molecule has 1 saturated heterocycles. The van der Waals surface area contributed by atoms with Gasteiger partial charge >= 0.3 is 0 Å². The van der Waals surface area contributed by atoms with Crippen LogP contribution in [0.5, 0.6) is 11.5 Å². The molecule has 1 fully saturated rings. The number of hydrogen-bond donors (Lipinski definition) is 2. The van der Waals surface area contributed by atoms with Gasteiger partial charge in [-0.05, 0) is 18.2 Å². The molecular weight excluding hydrogens is 234 g/mol. The van der Waals surface area contributed by atoms with Crippen LogP contribution >= 0.6 is 15.9 Å². The van der Waals surface area contributed by atoms with Gasteiger partial charge in [0.25, 0.3) is 0 Å². The Labute approximate surface area is 84.8 Å². The first-order chi connectivity index (χ1) is 6.25. The first-order valence-electron chi connectivity index (χ1n) is 4.11. The number of benzene rings is 1. The molecule has 0 aromatic heterocycles. The van der Waals surface area contributed by atoms with Crippen molar-refractivity contribution in [2.45, 2.75) is 6.10 Å². The van der Waals surface area contributed by atoms with E-state index in [1.54, 1.807) is 18.2 Å². The third-order valence-corrected chi connectivity index (χ3v) is 2.45. The molecule has 70 valence electrons. The second-order valence-electron chi connectivity index (χ2n) is 3.01. The van der Waals surface area contributed by atoms with Crippen LogP contribution in [0.25, 0.3) is 0 Å². The summed E-state index contributed by atoms with van der Waals surface area (Å²) in [5, 5.41) is 12.5. The molecule has 0 saturated carbocycles. The third kappa shape index (κ3) is 1.95. The molecule has 13 heavy (non-hydrogen) atoms. The van der Waals surface area contributed by atoms with Gasteiger partial charge < -0.3 is 15.2 Å². The molecule has 1 heterocycles. The number of rotatable bonds is 2. The minimum absolute atomic E-state index is 0.190. The van der Waals surface area contributed by atoms with Crippen molar-refractivity contribution >= 4 is 15.9 Å². The molecule has 1 aromatic carbocycles. The van der Waals surface area contributed by atoms with Gasteiger partial charge in [0.05, 0.1) is 0 Å². The van der Waals surface area contributed by atoms with Gasteiger partial charge in [-0.25, -0.2) is 0 Å². The first-order valence-corrected chi connectivity index (χ1v) is 4.91. The molecule has 1 aliphatic rings. The Hall–Kier alpha value is -0.740. The summed E-state index contributed by atoms with van der Waals surface area (Å²) in [6, 6.07) is 5.17. The number of hydrogen-bond acceptors (Lipinski definition) is 3. The van der Waals surface area contributed by atoms with Gasteiger partial charge in [0.15, 0.2) is 11.5 Å². The van der Waals surface area contributed by atoms with Crippen LogP contribution in [-0.2, 0) is 0 Å². The molecule has 2 N–H and O–H groups in total. The lowest BCUT2D eigenvalue weighted by molar-refractivity contribution is 0.137.